The quantitative estimate of drug-likeness (QED) is 0.890. The summed E-state index contributed by atoms with van der Waals surface area (Å²) >= 11 is 0. The van der Waals surface area contributed by atoms with Crippen molar-refractivity contribution < 1.29 is 4.74 Å². The number of aryl methyl sites for hydroxylation is 2. The molecule has 0 bridgehead atoms. The van der Waals surface area contributed by atoms with Gasteiger partial charge in [-0.05, 0) is 57.4 Å². The molecule has 1 fully saturated rings. The molecule has 1 atom stereocenters. The summed E-state index contributed by atoms with van der Waals surface area (Å²) in [5.41, 5.74) is 4.70. The zero-order valence-electron chi connectivity index (χ0n) is 14.1. The number of pyridine rings is 1. The van der Waals surface area contributed by atoms with Crippen LogP contribution in [-0.2, 0) is 17.8 Å². The number of nitrogens with one attached hydrogen (secondary N) is 1. The van der Waals surface area contributed by atoms with E-state index in [0.29, 0.717) is 12.7 Å². The Morgan fingerprint density at radius 2 is 2.26 bits per heavy atom. The van der Waals surface area contributed by atoms with Gasteiger partial charge in [-0.3, -0.25) is 10.1 Å². The Hall–Kier alpha value is -1.72. The van der Waals surface area contributed by atoms with Crippen LogP contribution in [0.25, 0.3) is 0 Å². The maximum absolute atomic E-state index is 6.06. The normalized spacial score (nSPS) is 19.1. The third-order valence-corrected chi connectivity index (χ3v) is 4.61. The number of piperidine rings is 1. The first kappa shape index (κ1) is 16.1. The van der Waals surface area contributed by atoms with E-state index in [9.17, 15) is 0 Å². The molecule has 1 N–H and O–H groups in total. The average molecular weight is 314 g/mol. The lowest BCUT2D eigenvalue weighted by Gasteiger charge is -2.32. The van der Waals surface area contributed by atoms with E-state index >= 15 is 0 Å². The molecule has 2 aromatic rings. The van der Waals surface area contributed by atoms with Crippen molar-refractivity contribution in [1.29, 1.82) is 0 Å². The van der Waals surface area contributed by atoms with Gasteiger partial charge in [0.1, 0.15) is 0 Å². The molecule has 0 amide bonds. The predicted molar refractivity (Wildman–Crippen MR) is 90.3 cm³/mol. The summed E-state index contributed by atoms with van der Waals surface area (Å²) in [7, 11) is 0. The van der Waals surface area contributed by atoms with Gasteiger partial charge in [0.05, 0.1) is 24.1 Å². The highest BCUT2D eigenvalue weighted by Crippen LogP contribution is 2.17. The van der Waals surface area contributed by atoms with Crippen LogP contribution in [0.4, 0.5) is 0 Å². The minimum atomic E-state index is 0.317. The molecule has 124 valence electrons. The number of hydrogen-bond acceptors (Lipinski definition) is 4. The van der Waals surface area contributed by atoms with Gasteiger partial charge in [-0.25, -0.2) is 0 Å². The van der Waals surface area contributed by atoms with Crippen LogP contribution in [0.3, 0.4) is 0 Å². The van der Waals surface area contributed by atoms with Gasteiger partial charge in [0.15, 0.2) is 0 Å². The van der Waals surface area contributed by atoms with Crippen LogP contribution < -0.4 is 0 Å². The minimum Gasteiger partial charge on any atom is -0.371 e. The number of likely N-dealkylation sites (tertiary alicyclic amines) is 1. The van der Waals surface area contributed by atoms with Crippen LogP contribution in [0.15, 0.2) is 24.4 Å². The van der Waals surface area contributed by atoms with Gasteiger partial charge in [0.2, 0.25) is 0 Å². The topological polar surface area (TPSA) is 54.0 Å². The van der Waals surface area contributed by atoms with Gasteiger partial charge in [-0.2, -0.15) is 5.10 Å². The van der Waals surface area contributed by atoms with Gasteiger partial charge < -0.3 is 9.64 Å². The molecule has 0 radical (unpaired) electrons. The first-order valence-electron chi connectivity index (χ1n) is 8.46. The molecule has 1 aliphatic rings. The van der Waals surface area contributed by atoms with Crippen molar-refractivity contribution in [2.75, 3.05) is 19.6 Å². The first-order chi connectivity index (χ1) is 11.2. The number of H-pyrrole nitrogens is 1. The second-order valence-electron chi connectivity index (χ2n) is 6.36. The van der Waals surface area contributed by atoms with E-state index in [1.165, 1.54) is 24.2 Å². The maximum atomic E-state index is 6.06. The molecular formula is C18H26N4O. The van der Waals surface area contributed by atoms with Crippen LogP contribution in [0.2, 0.25) is 0 Å². The molecule has 5 nitrogen and oxygen atoms in total. The Morgan fingerprint density at radius 1 is 1.35 bits per heavy atom. The second-order valence-corrected chi connectivity index (χ2v) is 6.36. The molecule has 5 heteroatoms. The molecule has 1 saturated heterocycles. The molecule has 0 saturated carbocycles. The molecule has 3 rings (SSSR count). The van der Waals surface area contributed by atoms with E-state index in [2.05, 4.69) is 33.9 Å². The summed E-state index contributed by atoms with van der Waals surface area (Å²) < 4.78 is 6.06. The SMILES string of the molecule is Cc1n[nH]c(C)c1CCN1CCCC(OCc2ccccn2)C1. The molecule has 2 aromatic heterocycles. The third-order valence-electron chi connectivity index (χ3n) is 4.61. The Balaban J connectivity index is 1.46. The highest BCUT2D eigenvalue weighted by atomic mass is 16.5. The van der Waals surface area contributed by atoms with Gasteiger partial charge in [0.25, 0.3) is 0 Å². The third kappa shape index (κ3) is 4.39. The summed E-state index contributed by atoms with van der Waals surface area (Å²) in [5, 5.41) is 7.35. The first-order valence-corrected chi connectivity index (χ1v) is 8.46. The molecule has 0 spiro atoms. The Bertz CT molecular complexity index is 591. The zero-order chi connectivity index (χ0) is 16.1. The van der Waals surface area contributed by atoms with Crippen molar-refractivity contribution >= 4 is 0 Å². The van der Waals surface area contributed by atoms with Crippen molar-refractivity contribution in [3.8, 4) is 0 Å². The van der Waals surface area contributed by atoms with Crippen molar-refractivity contribution in [2.24, 2.45) is 0 Å². The van der Waals surface area contributed by atoms with Crippen molar-refractivity contribution in [3.63, 3.8) is 0 Å². The molecule has 23 heavy (non-hydrogen) atoms. The number of ether oxygens (including phenoxy) is 1. The highest BCUT2D eigenvalue weighted by molar-refractivity contribution is 5.23. The predicted octanol–water partition coefficient (Wildman–Crippen LogP) is 2.65. The van der Waals surface area contributed by atoms with Crippen LogP contribution >= 0.6 is 0 Å². The summed E-state index contributed by atoms with van der Waals surface area (Å²) in [4.78, 5) is 6.83. The number of nitrogens with zero attached hydrogens (tertiary/aromatic N) is 3. The lowest BCUT2D eigenvalue weighted by atomic mass is 10.1. The van der Waals surface area contributed by atoms with Gasteiger partial charge in [-0.1, -0.05) is 6.07 Å². The number of hydrogen-bond donors (Lipinski definition) is 1. The smallest absolute Gasteiger partial charge is 0.0892 e. The van der Waals surface area contributed by atoms with E-state index in [4.69, 9.17) is 4.74 Å². The monoisotopic (exact) mass is 314 g/mol. The summed E-state index contributed by atoms with van der Waals surface area (Å²) in [6, 6.07) is 5.96. The highest BCUT2D eigenvalue weighted by Gasteiger charge is 2.21. The van der Waals surface area contributed by atoms with E-state index < -0.39 is 0 Å². The number of aromatic amines is 1. The van der Waals surface area contributed by atoms with E-state index in [-0.39, 0.29) is 0 Å². The summed E-state index contributed by atoms with van der Waals surface area (Å²) in [6.07, 6.45) is 5.55. The average Bonchev–Trinajstić information content (AvgIpc) is 2.91. The Kier molecular flexibility index (Phi) is 5.41. The van der Waals surface area contributed by atoms with Gasteiger partial charge in [-0.15, -0.1) is 0 Å². The molecule has 0 aromatic carbocycles. The van der Waals surface area contributed by atoms with E-state index in [1.54, 1.807) is 0 Å². The standard InChI is InChI=1S/C18H26N4O/c1-14-18(15(2)21-20-14)8-11-22-10-5-7-17(12-22)23-13-16-6-3-4-9-19-16/h3-4,6,9,17H,5,7-8,10-13H2,1-2H3,(H,20,21). The lowest BCUT2D eigenvalue weighted by Crippen LogP contribution is -2.40. The maximum Gasteiger partial charge on any atom is 0.0892 e. The van der Waals surface area contributed by atoms with Crippen LogP contribution in [0.5, 0.6) is 0 Å². The molecule has 3 heterocycles. The zero-order valence-corrected chi connectivity index (χ0v) is 14.1. The minimum absolute atomic E-state index is 0.317. The summed E-state index contributed by atoms with van der Waals surface area (Å²) in [6.45, 7) is 8.05. The van der Waals surface area contributed by atoms with E-state index in [1.807, 2.05) is 24.4 Å². The van der Waals surface area contributed by atoms with Gasteiger partial charge >= 0.3 is 0 Å². The molecular weight excluding hydrogens is 288 g/mol. The van der Waals surface area contributed by atoms with Gasteiger partial charge in [0, 0.05) is 25.0 Å². The van der Waals surface area contributed by atoms with Crippen LogP contribution in [-0.4, -0.2) is 45.8 Å². The fourth-order valence-electron chi connectivity index (χ4n) is 3.25. The molecule has 1 unspecified atom stereocenters. The molecule has 0 aliphatic carbocycles. The fraction of sp³-hybridized carbons (Fsp3) is 0.556. The van der Waals surface area contributed by atoms with Crippen molar-refractivity contribution in [2.45, 2.75) is 45.8 Å². The second kappa shape index (κ2) is 7.70. The lowest BCUT2D eigenvalue weighted by molar-refractivity contribution is -0.0109. The number of aromatic nitrogens is 3. The Morgan fingerprint density at radius 3 is 3.00 bits per heavy atom. The Labute approximate surface area is 138 Å². The van der Waals surface area contributed by atoms with Crippen molar-refractivity contribution in [1.82, 2.24) is 20.1 Å². The fourth-order valence-corrected chi connectivity index (χ4v) is 3.25. The number of rotatable bonds is 6. The molecule has 1 aliphatic heterocycles. The van der Waals surface area contributed by atoms with Crippen LogP contribution in [0, 0.1) is 13.8 Å². The van der Waals surface area contributed by atoms with E-state index in [0.717, 1.165) is 37.3 Å². The summed E-state index contributed by atoms with van der Waals surface area (Å²) in [5.74, 6) is 0. The largest absolute Gasteiger partial charge is 0.371 e. The van der Waals surface area contributed by atoms with Crippen molar-refractivity contribution in [3.05, 3.63) is 47.0 Å². The van der Waals surface area contributed by atoms with Crippen LogP contribution in [0.1, 0.15) is 35.5 Å².